The van der Waals surface area contributed by atoms with Crippen LogP contribution in [-0.2, 0) is 42.2 Å². The molecule has 8 heterocycles. The maximum Gasteiger partial charge on any atom is 0.355 e. The number of β-lactam (4-membered cyclic amide) rings is 1. The molecule has 0 radical (unpaired) electrons. The van der Waals surface area contributed by atoms with Crippen molar-refractivity contribution in [2.24, 2.45) is 12.2 Å². The van der Waals surface area contributed by atoms with E-state index in [2.05, 4.69) is 19.8 Å². The highest BCUT2D eigenvalue weighted by atomic mass is 32.2. The molecule has 3 atom stereocenters. The Morgan fingerprint density at radius 2 is 1.69 bits per heavy atom. The molecule has 0 aliphatic carbocycles. The molecule has 24 heteroatoms. The van der Waals surface area contributed by atoms with Crippen molar-refractivity contribution in [3.8, 4) is 11.3 Å². The summed E-state index contributed by atoms with van der Waals surface area (Å²) in [6, 6.07) is 4.24. The fourth-order valence-electron chi connectivity index (χ4n) is 9.68. The summed E-state index contributed by atoms with van der Waals surface area (Å²) in [5.74, 6) is -2.70. The number of amides is 2. The van der Waals surface area contributed by atoms with Gasteiger partial charge in [-0.15, -0.1) is 23.1 Å². The fraction of sp³-hybridized carbons (Fsp3) is 0.490. The molecule has 4 aliphatic rings. The number of hydrogen-bond donors (Lipinski definition) is 3. The van der Waals surface area contributed by atoms with Crippen LogP contribution < -0.4 is 25.9 Å². The van der Waals surface area contributed by atoms with Crippen molar-refractivity contribution in [2.45, 2.75) is 119 Å². The molecule has 0 saturated carbocycles. The van der Waals surface area contributed by atoms with E-state index in [4.69, 9.17) is 25.0 Å². The number of aliphatic hydroxyl groups excluding tert-OH is 1. The molecule has 4 aliphatic heterocycles. The predicted molar refractivity (Wildman–Crippen MR) is 286 cm³/mol. The van der Waals surface area contributed by atoms with Gasteiger partial charge in [0.05, 0.1) is 36.2 Å². The van der Waals surface area contributed by atoms with Gasteiger partial charge in [-0.1, -0.05) is 55.4 Å². The van der Waals surface area contributed by atoms with Gasteiger partial charge in [0.15, 0.2) is 21.9 Å². The zero-order valence-corrected chi connectivity index (χ0v) is 45.2. The molecule has 1 aromatic carbocycles. The summed E-state index contributed by atoms with van der Waals surface area (Å²) in [6.45, 7) is 5.29. The molecule has 4 N–H and O–H groups in total. The first-order valence-electron chi connectivity index (χ1n) is 25.4. The number of halogens is 1. The number of rotatable bonds is 22. The van der Waals surface area contributed by atoms with Crippen LogP contribution in [0.3, 0.4) is 0 Å². The molecule has 4 aromatic heterocycles. The van der Waals surface area contributed by atoms with E-state index in [-0.39, 0.29) is 59.2 Å². The van der Waals surface area contributed by atoms with Crippen molar-refractivity contribution in [3.63, 3.8) is 0 Å². The van der Waals surface area contributed by atoms with Crippen molar-refractivity contribution in [1.29, 1.82) is 0 Å². The number of aryl methyl sites for hydroxylation is 2. The Hall–Kier alpha value is -5.95. The van der Waals surface area contributed by atoms with Crippen LogP contribution in [0, 0.1) is 5.82 Å². The standard InChI is InChI=1S/C51H59FN10O9S4/c1-4-71-57-38(44-56-50(53)75-58-44)45(65)55-39-46(66)62-42(37(28-72-47(39)62)74-51-54-36(27-73-51)30-15-19-59(3)20-16-30)49(68)70-24-12-10-8-6-5-7-9-11-23-69-48(67)34-26-61-29(2)13-14-32-40(61)33(43(34)64)25-35(52)41(32)60-21-17-31(63)18-22-60/h15-16,19-20,25-27,29,31,39,47,63H,4-14,17-18,21-24,28H2,1-3H3,(H2-,53,55,56,58,65)/p+1/b57-38+/t29?,39-,47-/m0/s1. The van der Waals surface area contributed by atoms with Gasteiger partial charge in [-0.2, -0.15) is 9.36 Å². The monoisotopic (exact) mass is 1100 g/mol. The number of anilines is 2. The molecule has 2 amide bonds. The van der Waals surface area contributed by atoms with Crippen molar-refractivity contribution in [2.75, 3.05) is 49.3 Å². The number of thiazole rings is 1. The number of unbranched alkanes of at least 4 members (excludes halogenated alkanes) is 7. The molecule has 2 fully saturated rings. The van der Waals surface area contributed by atoms with Crippen LogP contribution in [-0.4, -0.2) is 115 Å². The van der Waals surface area contributed by atoms with E-state index < -0.39 is 52.5 Å². The number of thioether (sulfide) groups is 2. The number of nitrogen functional groups attached to an aromatic ring is 1. The molecule has 2 saturated heterocycles. The first-order chi connectivity index (χ1) is 36.3. The molecule has 0 bridgehead atoms. The second-order valence-corrected chi connectivity index (χ2v) is 23.0. The number of pyridine rings is 2. The summed E-state index contributed by atoms with van der Waals surface area (Å²) in [4.78, 5) is 86.4. The van der Waals surface area contributed by atoms with Gasteiger partial charge >= 0.3 is 11.9 Å². The lowest BCUT2D eigenvalue weighted by Crippen LogP contribution is -2.71. The van der Waals surface area contributed by atoms with E-state index in [1.165, 1.54) is 45.8 Å². The highest BCUT2D eigenvalue weighted by molar-refractivity contribution is 8.07. The highest BCUT2D eigenvalue weighted by Gasteiger charge is 2.55. The molecule has 0 spiro atoms. The highest BCUT2D eigenvalue weighted by Crippen LogP contribution is 2.46. The SMILES string of the molecule is CCO/N=C(/C(=O)N[C@H]1C(=O)N2C(C(=O)OCCCCCCCCCCOC(=O)c3cn4c5c(c(N6CCC(O)CC6)c(F)cc5c3=O)CCC4C)=C(Sc3nc(-c4cc[n+](C)cc4)cs3)CS[C@@H]12)c1nsc(N)n1. The van der Waals surface area contributed by atoms with E-state index in [1.807, 2.05) is 57.9 Å². The molecule has 9 rings (SSSR count). The Kier molecular flexibility index (Phi) is 17.5. The van der Waals surface area contributed by atoms with Gasteiger partial charge in [-0.05, 0) is 58.4 Å². The Morgan fingerprint density at radius 1 is 1.00 bits per heavy atom. The van der Waals surface area contributed by atoms with Crippen molar-refractivity contribution >= 4 is 97.6 Å². The normalized spacial score (nSPS) is 18.8. The summed E-state index contributed by atoms with van der Waals surface area (Å²) >= 11 is 5.06. The minimum atomic E-state index is -0.975. The third-order valence-electron chi connectivity index (χ3n) is 13.7. The van der Waals surface area contributed by atoms with E-state index in [0.29, 0.717) is 71.4 Å². The molecular weight excluding hydrogens is 1040 g/mol. The van der Waals surface area contributed by atoms with Crippen molar-refractivity contribution in [3.05, 3.63) is 85.8 Å². The largest absolute Gasteiger partial charge is 0.462 e. The number of benzene rings is 1. The quantitative estimate of drug-likeness (QED) is 0.0164. The second-order valence-electron chi connectivity index (χ2n) is 18.9. The number of oxime groups is 1. The predicted octanol–water partition coefficient (Wildman–Crippen LogP) is 6.66. The van der Waals surface area contributed by atoms with Gasteiger partial charge < -0.3 is 39.9 Å². The molecule has 398 valence electrons. The van der Waals surface area contributed by atoms with Gasteiger partial charge in [0, 0.05) is 81.5 Å². The minimum absolute atomic E-state index is 0.00325. The zero-order valence-electron chi connectivity index (χ0n) is 42.0. The molecule has 75 heavy (non-hydrogen) atoms. The number of carbonyl (C=O) groups is 4. The number of nitrogens with zero attached hydrogens (tertiary/aromatic N) is 8. The number of hydrogen-bond acceptors (Lipinski definition) is 19. The van der Waals surface area contributed by atoms with Crippen LogP contribution in [0.5, 0.6) is 0 Å². The van der Waals surface area contributed by atoms with Crippen molar-refractivity contribution < 1.29 is 47.6 Å². The summed E-state index contributed by atoms with van der Waals surface area (Å²) in [7, 11) is 1.94. The van der Waals surface area contributed by atoms with E-state index in [0.717, 1.165) is 73.3 Å². The number of piperidine rings is 1. The van der Waals surface area contributed by atoms with Crippen LogP contribution in [0.2, 0.25) is 0 Å². The van der Waals surface area contributed by atoms with Crippen LogP contribution in [0.4, 0.5) is 15.2 Å². The topological polar surface area (TPSA) is 238 Å². The van der Waals surface area contributed by atoms with Gasteiger partial charge in [0.25, 0.3) is 11.8 Å². The summed E-state index contributed by atoms with van der Waals surface area (Å²) in [5, 5.41) is 18.3. The molecule has 5 aromatic rings. The van der Waals surface area contributed by atoms with Crippen LogP contribution in [0.15, 0.2) is 67.1 Å². The molecule has 19 nitrogen and oxygen atoms in total. The average molecular weight is 1100 g/mol. The van der Waals surface area contributed by atoms with Gasteiger partial charge in [0.2, 0.25) is 17.0 Å². The number of nitrogens with one attached hydrogen (secondary N) is 1. The number of esters is 2. The lowest BCUT2D eigenvalue weighted by atomic mass is 9.93. The van der Waals surface area contributed by atoms with Crippen LogP contribution in [0.25, 0.3) is 22.2 Å². The van der Waals surface area contributed by atoms with E-state index in [9.17, 15) is 29.1 Å². The number of ether oxygens (including phenoxy) is 2. The maximum atomic E-state index is 15.8. The third-order valence-corrected chi connectivity index (χ3v) is 17.7. The lowest BCUT2D eigenvalue weighted by Gasteiger charge is -2.49. The van der Waals surface area contributed by atoms with Gasteiger partial charge in [0.1, 0.15) is 42.1 Å². The van der Waals surface area contributed by atoms with Crippen LogP contribution in [0.1, 0.15) is 112 Å². The van der Waals surface area contributed by atoms with E-state index in [1.54, 1.807) is 13.1 Å². The Labute approximate surface area is 449 Å². The third kappa shape index (κ3) is 12.0. The number of aromatic nitrogens is 5. The zero-order chi connectivity index (χ0) is 52.8. The number of fused-ring (bicyclic) bond motifs is 1. The first-order valence-corrected chi connectivity index (χ1v) is 28.9. The fourth-order valence-corrected chi connectivity index (χ4v) is 13.6. The van der Waals surface area contributed by atoms with E-state index >= 15 is 4.39 Å². The summed E-state index contributed by atoms with van der Waals surface area (Å²) in [6.07, 6.45) is 14.2. The maximum absolute atomic E-state index is 15.8. The molecular formula is C51H60FN10O9S4+. The first kappa shape index (κ1) is 53.9. The second kappa shape index (κ2) is 24.4. The average Bonchev–Trinajstić information content (AvgIpc) is 4.06. The van der Waals surface area contributed by atoms with Gasteiger partial charge in [-0.3, -0.25) is 19.3 Å². The Balaban J connectivity index is 0.741. The Bertz CT molecular complexity index is 3060. The summed E-state index contributed by atoms with van der Waals surface area (Å²) in [5.41, 5.74) is 8.72. The minimum Gasteiger partial charge on any atom is -0.462 e. The van der Waals surface area contributed by atoms with Crippen LogP contribution >= 0.6 is 46.4 Å². The number of aliphatic hydroxyl groups is 1. The smallest absolute Gasteiger partial charge is 0.355 e. The number of carbonyl (C=O) groups excluding carboxylic acids is 4. The molecule has 1 unspecified atom stereocenters. The lowest BCUT2D eigenvalue weighted by molar-refractivity contribution is -0.671. The summed E-state index contributed by atoms with van der Waals surface area (Å²) < 4.78 is 35.9. The van der Waals surface area contributed by atoms with Crippen molar-refractivity contribution in [1.82, 2.24) is 29.1 Å². The van der Waals surface area contributed by atoms with Gasteiger partial charge in [-0.25, -0.2) is 23.5 Å². The Morgan fingerprint density at radius 3 is 2.37 bits per heavy atom. The number of nitrogens with two attached hydrogens (primary N) is 1.